The van der Waals surface area contributed by atoms with Gasteiger partial charge in [-0.05, 0) is 47.0 Å². The van der Waals surface area contributed by atoms with Crippen LogP contribution in [0, 0.1) is 13.8 Å². The third-order valence-electron chi connectivity index (χ3n) is 3.80. The minimum absolute atomic E-state index is 0.495. The number of hydrogen-bond donors (Lipinski definition) is 1. The van der Waals surface area contributed by atoms with E-state index in [4.69, 9.17) is 0 Å². The summed E-state index contributed by atoms with van der Waals surface area (Å²) in [7, 11) is 0. The number of aliphatic hydroxyl groups excluding tert-OH is 1. The third kappa shape index (κ3) is 3.43. The Kier molecular flexibility index (Phi) is 4.73. The minimum Gasteiger partial charge on any atom is -0.388 e. The van der Waals surface area contributed by atoms with E-state index >= 15 is 0 Å². The molecule has 0 radical (unpaired) electrons. The van der Waals surface area contributed by atoms with Crippen LogP contribution < -0.4 is 0 Å². The predicted octanol–water partition coefficient (Wildman–Crippen LogP) is 3.10. The molecule has 1 heterocycles. The summed E-state index contributed by atoms with van der Waals surface area (Å²) in [6, 6.07) is 15.7. The lowest BCUT2D eigenvalue weighted by atomic mass is 10.1. The molecule has 0 saturated heterocycles. The summed E-state index contributed by atoms with van der Waals surface area (Å²) < 4.78 is 1.73. The molecule has 0 bridgehead atoms. The summed E-state index contributed by atoms with van der Waals surface area (Å²) in [5.41, 5.74) is 4.20. The molecule has 0 fully saturated rings. The zero-order chi connectivity index (χ0) is 16.2. The third-order valence-corrected chi connectivity index (χ3v) is 4.79. The van der Waals surface area contributed by atoms with Crippen molar-refractivity contribution in [1.82, 2.24) is 20.2 Å². The van der Waals surface area contributed by atoms with Crippen LogP contribution in [0.4, 0.5) is 0 Å². The monoisotopic (exact) mass is 326 g/mol. The Bertz CT molecular complexity index is 788. The van der Waals surface area contributed by atoms with Gasteiger partial charge < -0.3 is 5.11 Å². The number of rotatable bonds is 5. The zero-order valence-corrected chi connectivity index (χ0v) is 13.9. The highest BCUT2D eigenvalue weighted by Gasteiger charge is 2.14. The second kappa shape index (κ2) is 6.93. The lowest BCUT2D eigenvalue weighted by molar-refractivity contribution is 0.204. The molecule has 0 aliphatic heterocycles. The molecule has 3 aromatic rings. The Balaban J connectivity index is 1.78. The van der Waals surface area contributed by atoms with E-state index < -0.39 is 6.10 Å². The van der Waals surface area contributed by atoms with Crippen molar-refractivity contribution in [3.8, 4) is 5.69 Å². The Morgan fingerprint density at radius 1 is 1.09 bits per heavy atom. The molecule has 1 unspecified atom stereocenters. The molecule has 0 spiro atoms. The van der Waals surface area contributed by atoms with Crippen LogP contribution in [0.2, 0.25) is 0 Å². The van der Waals surface area contributed by atoms with E-state index in [1.165, 1.54) is 17.3 Å². The number of nitrogens with zero attached hydrogens (tertiary/aromatic N) is 4. The van der Waals surface area contributed by atoms with Crippen molar-refractivity contribution < 1.29 is 5.11 Å². The summed E-state index contributed by atoms with van der Waals surface area (Å²) in [5.74, 6) is 0.495. The van der Waals surface area contributed by atoms with E-state index in [0.29, 0.717) is 10.9 Å². The maximum absolute atomic E-state index is 10.3. The second-order valence-corrected chi connectivity index (χ2v) is 6.32. The van der Waals surface area contributed by atoms with Gasteiger partial charge in [-0.1, -0.05) is 54.2 Å². The van der Waals surface area contributed by atoms with Crippen molar-refractivity contribution in [1.29, 1.82) is 0 Å². The molecule has 1 aromatic heterocycles. The highest BCUT2D eigenvalue weighted by molar-refractivity contribution is 7.99. The summed E-state index contributed by atoms with van der Waals surface area (Å²) in [5, 5.41) is 22.9. The lowest BCUT2D eigenvalue weighted by Gasteiger charge is -2.12. The minimum atomic E-state index is -0.551. The smallest absolute Gasteiger partial charge is 0.214 e. The van der Waals surface area contributed by atoms with Gasteiger partial charge in [-0.25, -0.2) is 0 Å². The Hall–Kier alpha value is -2.18. The van der Waals surface area contributed by atoms with Crippen LogP contribution in [0.3, 0.4) is 0 Å². The predicted molar refractivity (Wildman–Crippen MR) is 90.8 cm³/mol. The highest BCUT2D eigenvalue weighted by Crippen LogP contribution is 2.26. The van der Waals surface area contributed by atoms with Gasteiger partial charge in [0.1, 0.15) is 0 Å². The number of tetrazole rings is 1. The molecule has 1 N–H and O–H groups in total. The van der Waals surface area contributed by atoms with Crippen molar-refractivity contribution in [2.45, 2.75) is 25.1 Å². The SMILES string of the molecule is Cc1cccc(-n2nnnc2SCC(O)c2ccccc2)c1C. The Labute approximate surface area is 139 Å². The van der Waals surface area contributed by atoms with Crippen molar-refractivity contribution in [2.75, 3.05) is 5.75 Å². The van der Waals surface area contributed by atoms with Crippen LogP contribution in [-0.2, 0) is 0 Å². The standard InChI is InChI=1S/C17H18N4OS/c1-12-7-6-10-15(13(12)2)21-17(18-19-20-21)23-11-16(22)14-8-4-3-5-9-14/h3-10,16,22H,11H2,1-2H3. The number of aryl methyl sites for hydroxylation is 1. The first kappa shape index (κ1) is 15.7. The fraction of sp³-hybridized carbons (Fsp3) is 0.235. The van der Waals surface area contributed by atoms with E-state index in [2.05, 4.69) is 35.4 Å². The van der Waals surface area contributed by atoms with Gasteiger partial charge in [0.25, 0.3) is 0 Å². The van der Waals surface area contributed by atoms with Crippen molar-refractivity contribution in [3.63, 3.8) is 0 Å². The zero-order valence-electron chi connectivity index (χ0n) is 13.0. The van der Waals surface area contributed by atoms with E-state index in [9.17, 15) is 5.11 Å². The number of aliphatic hydroxyl groups is 1. The van der Waals surface area contributed by atoms with Crippen molar-refractivity contribution in [2.24, 2.45) is 0 Å². The Morgan fingerprint density at radius 3 is 2.65 bits per heavy atom. The van der Waals surface area contributed by atoms with Gasteiger partial charge in [-0.3, -0.25) is 0 Å². The van der Waals surface area contributed by atoms with Crippen LogP contribution >= 0.6 is 11.8 Å². The average molecular weight is 326 g/mol. The molecule has 0 saturated carbocycles. The number of hydrogen-bond acceptors (Lipinski definition) is 5. The fourth-order valence-corrected chi connectivity index (χ4v) is 3.16. The summed E-state index contributed by atoms with van der Waals surface area (Å²) in [6.45, 7) is 4.12. The average Bonchev–Trinajstić information content (AvgIpc) is 3.04. The number of thioether (sulfide) groups is 1. The van der Waals surface area contributed by atoms with Crippen LogP contribution in [0.5, 0.6) is 0 Å². The molecular weight excluding hydrogens is 308 g/mol. The first-order chi connectivity index (χ1) is 11.2. The van der Waals surface area contributed by atoms with Gasteiger partial charge in [0.15, 0.2) is 0 Å². The fourth-order valence-electron chi connectivity index (χ4n) is 2.31. The van der Waals surface area contributed by atoms with Crippen LogP contribution in [0.25, 0.3) is 5.69 Å². The summed E-state index contributed by atoms with van der Waals surface area (Å²) in [6.07, 6.45) is -0.551. The summed E-state index contributed by atoms with van der Waals surface area (Å²) >= 11 is 1.44. The first-order valence-corrected chi connectivity index (χ1v) is 8.36. The van der Waals surface area contributed by atoms with Crippen LogP contribution in [0.15, 0.2) is 53.7 Å². The van der Waals surface area contributed by atoms with Crippen molar-refractivity contribution in [3.05, 3.63) is 65.2 Å². The topological polar surface area (TPSA) is 63.8 Å². The normalized spacial score (nSPS) is 12.3. The number of aromatic nitrogens is 4. The molecule has 0 aliphatic carbocycles. The molecule has 2 aromatic carbocycles. The van der Waals surface area contributed by atoms with Gasteiger partial charge in [-0.15, -0.1) is 5.10 Å². The molecule has 3 rings (SSSR count). The van der Waals surface area contributed by atoms with Crippen molar-refractivity contribution >= 4 is 11.8 Å². The molecule has 0 amide bonds. The molecule has 0 aliphatic rings. The van der Waals surface area contributed by atoms with Gasteiger partial charge in [0, 0.05) is 5.75 Å². The molecular formula is C17H18N4OS. The van der Waals surface area contributed by atoms with E-state index in [1.807, 2.05) is 42.5 Å². The van der Waals surface area contributed by atoms with E-state index in [1.54, 1.807) is 4.68 Å². The van der Waals surface area contributed by atoms with Crippen LogP contribution in [0.1, 0.15) is 22.8 Å². The molecule has 5 nitrogen and oxygen atoms in total. The van der Waals surface area contributed by atoms with E-state index in [-0.39, 0.29) is 0 Å². The Morgan fingerprint density at radius 2 is 1.87 bits per heavy atom. The van der Waals surface area contributed by atoms with Gasteiger partial charge in [0.2, 0.25) is 5.16 Å². The largest absolute Gasteiger partial charge is 0.388 e. The van der Waals surface area contributed by atoms with E-state index in [0.717, 1.165) is 16.8 Å². The maximum Gasteiger partial charge on any atom is 0.214 e. The molecule has 118 valence electrons. The lowest BCUT2D eigenvalue weighted by Crippen LogP contribution is -2.05. The molecule has 23 heavy (non-hydrogen) atoms. The van der Waals surface area contributed by atoms with Crippen LogP contribution in [-0.4, -0.2) is 31.1 Å². The number of benzene rings is 2. The van der Waals surface area contributed by atoms with Gasteiger partial charge >= 0.3 is 0 Å². The quantitative estimate of drug-likeness (QED) is 0.730. The van der Waals surface area contributed by atoms with Gasteiger partial charge in [-0.2, -0.15) is 4.68 Å². The summed E-state index contributed by atoms with van der Waals surface area (Å²) in [4.78, 5) is 0. The molecule has 1 atom stereocenters. The highest BCUT2D eigenvalue weighted by atomic mass is 32.2. The van der Waals surface area contributed by atoms with Gasteiger partial charge in [0.05, 0.1) is 11.8 Å². The maximum atomic E-state index is 10.3. The first-order valence-electron chi connectivity index (χ1n) is 7.37. The second-order valence-electron chi connectivity index (χ2n) is 5.33. The molecule has 6 heteroatoms.